The number of aliphatic hydroxyl groups is 1. The van der Waals surface area contributed by atoms with E-state index in [2.05, 4.69) is 17.5 Å². The molecule has 2 rings (SSSR count). The van der Waals surface area contributed by atoms with Crippen molar-refractivity contribution < 1.29 is 5.11 Å². The van der Waals surface area contributed by atoms with Gasteiger partial charge in [0.25, 0.3) is 0 Å². The second-order valence-corrected chi connectivity index (χ2v) is 4.05. The Morgan fingerprint density at radius 3 is 2.83 bits per heavy atom. The first-order chi connectivity index (χ1) is 5.85. The summed E-state index contributed by atoms with van der Waals surface area (Å²) >= 11 is 0. The van der Waals surface area contributed by atoms with E-state index in [0.29, 0.717) is 12.6 Å². The third-order valence-corrected chi connectivity index (χ3v) is 2.90. The predicted octanol–water partition coefficient (Wildman–Crippen LogP) is 1.21. The second kappa shape index (κ2) is 3.19. The maximum absolute atomic E-state index is 9.10. The molecule has 2 nitrogen and oxygen atoms in total. The van der Waals surface area contributed by atoms with Crippen molar-refractivity contribution in [2.75, 3.05) is 6.61 Å². The molecule has 12 heavy (non-hydrogen) atoms. The molecule has 0 saturated heterocycles. The van der Waals surface area contributed by atoms with Gasteiger partial charge in [-0.2, -0.15) is 0 Å². The Kier molecular flexibility index (Phi) is 2.20. The molecular formula is C10H17NO. The fourth-order valence-electron chi connectivity index (χ4n) is 1.82. The molecule has 1 fully saturated rings. The fourth-order valence-corrected chi connectivity index (χ4v) is 1.82. The molecule has 2 aliphatic rings. The maximum atomic E-state index is 9.10. The third-order valence-electron chi connectivity index (χ3n) is 2.90. The van der Waals surface area contributed by atoms with Gasteiger partial charge in [0, 0.05) is 11.6 Å². The largest absolute Gasteiger partial charge is 0.394 e. The predicted molar refractivity (Wildman–Crippen MR) is 49.0 cm³/mol. The van der Waals surface area contributed by atoms with E-state index in [9.17, 15) is 0 Å². The number of rotatable bonds is 3. The molecule has 1 atom stereocenters. The first-order valence-electron chi connectivity index (χ1n) is 4.90. The van der Waals surface area contributed by atoms with Gasteiger partial charge in [-0.15, -0.1) is 0 Å². The van der Waals surface area contributed by atoms with Gasteiger partial charge in [-0.05, 0) is 32.1 Å². The van der Waals surface area contributed by atoms with Crippen molar-refractivity contribution in [3.63, 3.8) is 0 Å². The molecule has 0 amide bonds. The van der Waals surface area contributed by atoms with Crippen LogP contribution in [0.2, 0.25) is 0 Å². The van der Waals surface area contributed by atoms with Crippen LogP contribution in [-0.2, 0) is 0 Å². The zero-order chi connectivity index (χ0) is 8.44. The summed E-state index contributed by atoms with van der Waals surface area (Å²) in [5.74, 6) is 0. The van der Waals surface area contributed by atoms with Crippen LogP contribution in [0.3, 0.4) is 0 Å². The Balaban J connectivity index is 1.85. The molecule has 0 aromatic rings. The van der Waals surface area contributed by atoms with Crippen LogP contribution in [0.1, 0.15) is 32.1 Å². The van der Waals surface area contributed by atoms with Crippen LogP contribution in [0.25, 0.3) is 0 Å². The van der Waals surface area contributed by atoms with Gasteiger partial charge in [0.2, 0.25) is 0 Å². The molecular weight excluding hydrogens is 150 g/mol. The van der Waals surface area contributed by atoms with Gasteiger partial charge < -0.3 is 10.4 Å². The highest BCUT2D eigenvalue weighted by Gasteiger charge is 2.42. The number of hydrogen-bond acceptors (Lipinski definition) is 2. The normalized spacial score (nSPS) is 31.9. The lowest BCUT2D eigenvalue weighted by atomic mass is 10.0. The topological polar surface area (TPSA) is 32.3 Å². The Hall–Kier alpha value is -0.340. The molecule has 0 heterocycles. The van der Waals surface area contributed by atoms with Gasteiger partial charge in [0.15, 0.2) is 0 Å². The zero-order valence-electron chi connectivity index (χ0n) is 7.42. The molecule has 0 radical (unpaired) electrons. The molecule has 68 valence electrons. The fraction of sp³-hybridized carbons (Fsp3) is 0.800. The van der Waals surface area contributed by atoms with Crippen molar-refractivity contribution in [2.45, 2.75) is 43.7 Å². The Bertz CT molecular complexity index is 184. The molecule has 0 spiro atoms. The van der Waals surface area contributed by atoms with E-state index >= 15 is 0 Å². The SMILES string of the molecule is OCC1(NC2C=CCCC2)CC1. The average Bonchev–Trinajstić information content (AvgIpc) is 2.88. The van der Waals surface area contributed by atoms with Crippen LogP contribution in [-0.4, -0.2) is 23.3 Å². The maximum Gasteiger partial charge on any atom is 0.0613 e. The van der Waals surface area contributed by atoms with Crippen molar-refractivity contribution in [2.24, 2.45) is 0 Å². The van der Waals surface area contributed by atoms with Gasteiger partial charge in [0.05, 0.1) is 6.61 Å². The Labute approximate surface area is 73.7 Å². The number of hydrogen-bond donors (Lipinski definition) is 2. The molecule has 2 N–H and O–H groups in total. The highest BCUT2D eigenvalue weighted by atomic mass is 16.3. The van der Waals surface area contributed by atoms with Crippen molar-refractivity contribution >= 4 is 0 Å². The summed E-state index contributed by atoms with van der Waals surface area (Å²) in [6.45, 7) is 0.303. The van der Waals surface area contributed by atoms with Gasteiger partial charge >= 0.3 is 0 Å². The first-order valence-corrected chi connectivity index (χ1v) is 4.90. The molecule has 0 aromatic carbocycles. The third kappa shape index (κ3) is 1.70. The molecule has 0 aromatic heterocycles. The average molecular weight is 167 g/mol. The molecule has 1 unspecified atom stereocenters. The summed E-state index contributed by atoms with van der Waals surface area (Å²) in [5.41, 5.74) is 0.104. The summed E-state index contributed by atoms with van der Waals surface area (Å²) in [6.07, 6.45) is 10.5. The summed E-state index contributed by atoms with van der Waals surface area (Å²) in [7, 11) is 0. The standard InChI is InChI=1S/C10H17NO/c12-8-10(6-7-10)11-9-4-2-1-3-5-9/h2,4,9,11-12H,1,3,5-8H2. The summed E-state index contributed by atoms with van der Waals surface area (Å²) < 4.78 is 0. The lowest BCUT2D eigenvalue weighted by Crippen LogP contribution is -2.42. The van der Waals surface area contributed by atoms with Gasteiger partial charge in [-0.3, -0.25) is 0 Å². The molecule has 1 saturated carbocycles. The van der Waals surface area contributed by atoms with E-state index in [1.165, 1.54) is 19.3 Å². The summed E-state index contributed by atoms with van der Waals surface area (Å²) in [6, 6.07) is 0.522. The van der Waals surface area contributed by atoms with E-state index in [1.807, 2.05) is 0 Å². The monoisotopic (exact) mass is 167 g/mol. The Morgan fingerprint density at radius 1 is 1.50 bits per heavy atom. The Morgan fingerprint density at radius 2 is 2.33 bits per heavy atom. The van der Waals surface area contributed by atoms with Crippen LogP contribution in [0.5, 0.6) is 0 Å². The minimum absolute atomic E-state index is 0.104. The van der Waals surface area contributed by atoms with Crippen molar-refractivity contribution in [1.29, 1.82) is 0 Å². The van der Waals surface area contributed by atoms with Crippen LogP contribution in [0.4, 0.5) is 0 Å². The number of nitrogens with one attached hydrogen (secondary N) is 1. The lowest BCUT2D eigenvalue weighted by molar-refractivity contribution is 0.221. The van der Waals surface area contributed by atoms with Gasteiger partial charge in [-0.1, -0.05) is 12.2 Å². The van der Waals surface area contributed by atoms with Crippen LogP contribution in [0, 0.1) is 0 Å². The summed E-state index contributed by atoms with van der Waals surface area (Å²) in [5, 5.41) is 12.6. The van der Waals surface area contributed by atoms with E-state index in [4.69, 9.17) is 5.11 Å². The van der Waals surface area contributed by atoms with Crippen LogP contribution < -0.4 is 5.32 Å². The van der Waals surface area contributed by atoms with Crippen LogP contribution >= 0.6 is 0 Å². The van der Waals surface area contributed by atoms with Crippen molar-refractivity contribution in [3.05, 3.63) is 12.2 Å². The summed E-state index contributed by atoms with van der Waals surface area (Å²) in [4.78, 5) is 0. The van der Waals surface area contributed by atoms with E-state index in [-0.39, 0.29) is 5.54 Å². The zero-order valence-corrected chi connectivity index (χ0v) is 7.42. The highest BCUT2D eigenvalue weighted by molar-refractivity contribution is 5.08. The highest BCUT2D eigenvalue weighted by Crippen LogP contribution is 2.35. The smallest absolute Gasteiger partial charge is 0.0613 e. The quantitative estimate of drug-likeness (QED) is 0.619. The lowest BCUT2D eigenvalue weighted by Gasteiger charge is -2.23. The van der Waals surface area contributed by atoms with E-state index in [0.717, 1.165) is 12.8 Å². The van der Waals surface area contributed by atoms with E-state index in [1.54, 1.807) is 0 Å². The number of aliphatic hydroxyl groups excluding tert-OH is 1. The number of allylic oxidation sites excluding steroid dienone is 1. The molecule has 0 aliphatic heterocycles. The second-order valence-electron chi connectivity index (χ2n) is 4.05. The molecule has 2 aliphatic carbocycles. The van der Waals surface area contributed by atoms with Crippen LogP contribution in [0.15, 0.2) is 12.2 Å². The first kappa shape index (κ1) is 8.27. The van der Waals surface area contributed by atoms with Gasteiger partial charge in [0.1, 0.15) is 0 Å². The van der Waals surface area contributed by atoms with E-state index < -0.39 is 0 Å². The minimum atomic E-state index is 0.104. The minimum Gasteiger partial charge on any atom is -0.394 e. The van der Waals surface area contributed by atoms with Gasteiger partial charge in [-0.25, -0.2) is 0 Å². The van der Waals surface area contributed by atoms with Crippen molar-refractivity contribution in [3.8, 4) is 0 Å². The van der Waals surface area contributed by atoms with Crippen molar-refractivity contribution in [1.82, 2.24) is 5.32 Å². The molecule has 2 heteroatoms. The molecule has 0 bridgehead atoms.